The van der Waals surface area contributed by atoms with Crippen molar-refractivity contribution in [2.75, 3.05) is 10.8 Å². The van der Waals surface area contributed by atoms with Crippen LogP contribution in [0.3, 0.4) is 0 Å². The van der Waals surface area contributed by atoms with Gasteiger partial charge in [0.15, 0.2) is 0 Å². The third-order valence-electron chi connectivity index (χ3n) is 5.43. The number of para-hydroxylation sites is 1. The van der Waals surface area contributed by atoms with Crippen LogP contribution in [0.1, 0.15) is 32.0 Å². The molecule has 3 aromatic rings. The number of carbonyl (C=O) groups excluding carboxylic acids is 2. The zero-order chi connectivity index (χ0) is 20.9. The lowest BCUT2D eigenvalue weighted by Crippen LogP contribution is -2.30. The van der Waals surface area contributed by atoms with Crippen LogP contribution in [0.15, 0.2) is 71.8 Å². The second-order valence-corrected chi connectivity index (χ2v) is 9.06. The molecular weight excluding hydrogens is 402 g/mol. The lowest BCUT2D eigenvalue weighted by Gasteiger charge is -2.20. The molecule has 0 radical (unpaired) electrons. The van der Waals surface area contributed by atoms with Crippen molar-refractivity contribution in [1.29, 1.82) is 0 Å². The standard InChI is InChI=1S/C22H17N3O4S/c26-21-18-5-3-12-23-20(18)22(27)24(21)14-15-7-9-17(10-8-15)30(28,29)25-13-11-16-4-1-2-6-19(16)25/h1-10,12H,11,13-14H2. The van der Waals surface area contributed by atoms with Crippen LogP contribution in [0.25, 0.3) is 0 Å². The fourth-order valence-corrected chi connectivity index (χ4v) is 5.39. The van der Waals surface area contributed by atoms with Gasteiger partial charge in [-0.15, -0.1) is 0 Å². The summed E-state index contributed by atoms with van der Waals surface area (Å²) in [7, 11) is -3.69. The third kappa shape index (κ3) is 2.80. The fraction of sp³-hybridized carbons (Fsp3) is 0.136. The van der Waals surface area contributed by atoms with Crippen molar-refractivity contribution in [1.82, 2.24) is 9.88 Å². The van der Waals surface area contributed by atoms with Gasteiger partial charge in [0.1, 0.15) is 5.69 Å². The zero-order valence-electron chi connectivity index (χ0n) is 15.9. The maximum atomic E-state index is 13.1. The Morgan fingerprint density at radius 1 is 0.900 bits per heavy atom. The van der Waals surface area contributed by atoms with E-state index in [4.69, 9.17) is 0 Å². The van der Waals surface area contributed by atoms with E-state index in [0.29, 0.717) is 24.2 Å². The molecule has 1 aromatic heterocycles. The van der Waals surface area contributed by atoms with E-state index in [-0.39, 0.29) is 22.7 Å². The smallest absolute Gasteiger partial charge is 0.268 e. The molecule has 2 aliphatic heterocycles. The van der Waals surface area contributed by atoms with Crippen LogP contribution in [0, 0.1) is 0 Å². The van der Waals surface area contributed by atoms with Crippen molar-refractivity contribution in [3.63, 3.8) is 0 Å². The summed E-state index contributed by atoms with van der Waals surface area (Å²) >= 11 is 0. The minimum Gasteiger partial charge on any atom is -0.268 e. The molecule has 2 aliphatic rings. The summed E-state index contributed by atoms with van der Waals surface area (Å²) in [4.78, 5) is 30.3. The molecule has 0 N–H and O–H groups in total. The summed E-state index contributed by atoms with van der Waals surface area (Å²) in [5.41, 5.74) is 2.81. The van der Waals surface area contributed by atoms with Gasteiger partial charge in [0.2, 0.25) is 0 Å². The number of rotatable bonds is 4. The van der Waals surface area contributed by atoms with Crippen molar-refractivity contribution < 1.29 is 18.0 Å². The number of hydrogen-bond donors (Lipinski definition) is 0. The molecule has 0 unspecified atom stereocenters. The number of carbonyl (C=O) groups is 2. The summed E-state index contributed by atoms with van der Waals surface area (Å²) in [5.74, 6) is -0.838. The number of fused-ring (bicyclic) bond motifs is 2. The van der Waals surface area contributed by atoms with Crippen LogP contribution in [0.2, 0.25) is 0 Å². The van der Waals surface area contributed by atoms with E-state index in [2.05, 4.69) is 4.98 Å². The Hall–Kier alpha value is -3.52. The zero-order valence-corrected chi connectivity index (χ0v) is 16.7. The van der Waals surface area contributed by atoms with Crippen molar-refractivity contribution in [3.05, 3.63) is 89.2 Å². The van der Waals surface area contributed by atoms with Gasteiger partial charge in [-0.05, 0) is 47.9 Å². The average molecular weight is 419 g/mol. The Balaban J connectivity index is 1.38. The van der Waals surface area contributed by atoms with Gasteiger partial charge in [-0.3, -0.25) is 23.8 Å². The molecule has 5 rings (SSSR count). The highest BCUT2D eigenvalue weighted by Gasteiger charge is 2.36. The number of sulfonamides is 1. The lowest BCUT2D eigenvalue weighted by atomic mass is 10.2. The van der Waals surface area contributed by atoms with Gasteiger partial charge in [0.05, 0.1) is 22.7 Å². The molecule has 2 amide bonds. The van der Waals surface area contributed by atoms with E-state index in [9.17, 15) is 18.0 Å². The highest BCUT2D eigenvalue weighted by molar-refractivity contribution is 7.92. The summed E-state index contributed by atoms with van der Waals surface area (Å²) < 4.78 is 27.6. The molecule has 30 heavy (non-hydrogen) atoms. The van der Waals surface area contributed by atoms with Gasteiger partial charge in [0, 0.05) is 12.7 Å². The van der Waals surface area contributed by atoms with E-state index >= 15 is 0 Å². The summed E-state index contributed by atoms with van der Waals surface area (Å²) in [5, 5.41) is 0. The van der Waals surface area contributed by atoms with Crippen LogP contribution < -0.4 is 4.31 Å². The molecule has 150 valence electrons. The first-order valence-corrected chi connectivity index (χ1v) is 10.9. The molecule has 0 fully saturated rings. The Bertz CT molecular complexity index is 1250. The quantitative estimate of drug-likeness (QED) is 0.607. The average Bonchev–Trinajstić information content (AvgIpc) is 3.30. The minimum absolute atomic E-state index is 0.0565. The number of benzene rings is 2. The summed E-state index contributed by atoms with van der Waals surface area (Å²) in [6.45, 7) is 0.465. The maximum absolute atomic E-state index is 13.1. The normalized spacial score (nSPS) is 15.5. The number of pyridine rings is 1. The predicted octanol–water partition coefficient (Wildman–Crippen LogP) is 2.63. The molecular formula is C22H17N3O4S. The molecule has 7 nitrogen and oxygen atoms in total. The Kier molecular flexibility index (Phi) is 4.18. The third-order valence-corrected chi connectivity index (χ3v) is 7.26. The second kappa shape index (κ2) is 6.77. The second-order valence-electron chi connectivity index (χ2n) is 7.20. The molecule has 0 atom stereocenters. The lowest BCUT2D eigenvalue weighted by molar-refractivity contribution is 0.0640. The fourth-order valence-electron chi connectivity index (χ4n) is 3.89. The Morgan fingerprint density at radius 3 is 2.43 bits per heavy atom. The highest BCUT2D eigenvalue weighted by Crippen LogP contribution is 2.32. The monoisotopic (exact) mass is 419 g/mol. The molecule has 0 saturated heterocycles. The van der Waals surface area contributed by atoms with Gasteiger partial charge in [-0.1, -0.05) is 30.3 Å². The van der Waals surface area contributed by atoms with Gasteiger partial charge >= 0.3 is 0 Å². The Morgan fingerprint density at radius 2 is 1.67 bits per heavy atom. The molecule has 3 heterocycles. The predicted molar refractivity (Wildman–Crippen MR) is 110 cm³/mol. The van der Waals surface area contributed by atoms with Crippen LogP contribution >= 0.6 is 0 Å². The van der Waals surface area contributed by atoms with Crippen molar-refractivity contribution in [3.8, 4) is 0 Å². The van der Waals surface area contributed by atoms with E-state index in [1.807, 2.05) is 24.3 Å². The van der Waals surface area contributed by atoms with Crippen molar-refractivity contribution in [2.24, 2.45) is 0 Å². The number of amides is 2. The van der Waals surface area contributed by atoms with E-state index in [1.165, 1.54) is 22.6 Å². The number of anilines is 1. The van der Waals surface area contributed by atoms with Crippen LogP contribution in [-0.4, -0.2) is 36.7 Å². The number of imide groups is 1. The molecule has 0 spiro atoms. The molecule has 8 heteroatoms. The molecule has 0 bridgehead atoms. The van der Waals surface area contributed by atoms with E-state index in [1.54, 1.807) is 24.3 Å². The van der Waals surface area contributed by atoms with Crippen LogP contribution in [0.4, 0.5) is 5.69 Å². The first-order valence-electron chi connectivity index (χ1n) is 9.47. The Labute approximate surface area is 173 Å². The number of hydrogen-bond acceptors (Lipinski definition) is 5. The van der Waals surface area contributed by atoms with E-state index in [0.717, 1.165) is 10.5 Å². The first-order chi connectivity index (χ1) is 14.5. The molecule has 0 aliphatic carbocycles. The number of nitrogens with zero attached hydrogens (tertiary/aromatic N) is 3. The van der Waals surface area contributed by atoms with Gasteiger partial charge in [-0.25, -0.2) is 8.42 Å². The topological polar surface area (TPSA) is 87.6 Å². The SMILES string of the molecule is O=C1c2cccnc2C(=O)N1Cc1ccc(S(=O)(=O)N2CCc3ccccc32)cc1. The minimum atomic E-state index is -3.69. The summed E-state index contributed by atoms with van der Waals surface area (Å²) in [6.07, 6.45) is 2.16. The summed E-state index contributed by atoms with van der Waals surface area (Å²) in [6, 6.07) is 17.0. The largest absolute Gasteiger partial charge is 0.280 e. The van der Waals surface area contributed by atoms with Gasteiger partial charge in [0.25, 0.3) is 21.8 Å². The molecule has 0 saturated carbocycles. The number of aromatic nitrogens is 1. The van der Waals surface area contributed by atoms with Gasteiger partial charge in [-0.2, -0.15) is 0 Å². The van der Waals surface area contributed by atoms with E-state index < -0.39 is 21.8 Å². The van der Waals surface area contributed by atoms with Crippen LogP contribution in [0.5, 0.6) is 0 Å². The van der Waals surface area contributed by atoms with Crippen LogP contribution in [-0.2, 0) is 23.0 Å². The highest BCUT2D eigenvalue weighted by atomic mass is 32.2. The first kappa shape index (κ1) is 18.5. The van der Waals surface area contributed by atoms with Gasteiger partial charge < -0.3 is 0 Å². The van der Waals surface area contributed by atoms with Crippen molar-refractivity contribution >= 4 is 27.5 Å². The maximum Gasteiger partial charge on any atom is 0.280 e. The van der Waals surface area contributed by atoms with Crippen molar-refractivity contribution in [2.45, 2.75) is 17.9 Å². The molecule has 2 aromatic carbocycles.